The van der Waals surface area contributed by atoms with Crippen LogP contribution >= 0.6 is 0 Å². The highest BCUT2D eigenvalue weighted by atomic mass is 15.2. The lowest BCUT2D eigenvalue weighted by Crippen LogP contribution is -2.61. The van der Waals surface area contributed by atoms with Crippen LogP contribution in [0, 0.1) is 0 Å². The third-order valence-electron chi connectivity index (χ3n) is 17.6. The number of rotatable bonds is 8. The number of nitrogens with zero attached hydrogens (tertiary/aromatic N) is 3. The molecule has 0 N–H and O–H groups in total. The van der Waals surface area contributed by atoms with Crippen LogP contribution in [0.3, 0.4) is 0 Å². The summed E-state index contributed by atoms with van der Waals surface area (Å²) in [5.41, 5.74) is 26.3. The molecule has 0 spiro atoms. The molecule has 4 heteroatoms. The van der Waals surface area contributed by atoms with Crippen LogP contribution in [0.5, 0.6) is 0 Å². The molecule has 0 bridgehead atoms. The van der Waals surface area contributed by atoms with Crippen LogP contribution < -0.4 is 26.2 Å². The summed E-state index contributed by atoms with van der Waals surface area (Å²) in [5.74, 6) is 0. The quantitative estimate of drug-likeness (QED) is 0.141. The highest BCUT2D eigenvalue weighted by Crippen LogP contribution is 2.49. The second-order valence-electron chi connectivity index (χ2n) is 25.0. The second kappa shape index (κ2) is 19.0. The summed E-state index contributed by atoms with van der Waals surface area (Å²) >= 11 is 0. The molecule has 392 valence electrons. The first kappa shape index (κ1) is 50.1. The molecule has 12 aromatic rings. The van der Waals surface area contributed by atoms with E-state index in [1.165, 1.54) is 105 Å². The monoisotopic (exact) mass is 1040 g/mol. The fourth-order valence-electron chi connectivity index (χ4n) is 13.0. The lowest BCUT2D eigenvalue weighted by molar-refractivity contribution is 0.590. The SMILES string of the molecule is CC(C)(C)c1ccc2c(c1)c1cc(C(C)(C)C)ccc1n2-c1cc2c3c(c1)N(c1ccc(-c4ccccc4)cc1)c1cc(C(C)(C)c4ccccc4)ccc1B3c1cc(-c3ccccc3)ccc1N2c1ccc(-c2ccccc2)cc1. The molecule has 3 heterocycles. The Morgan fingerprint density at radius 3 is 1.19 bits per heavy atom. The van der Waals surface area contributed by atoms with Crippen molar-refractivity contribution in [2.75, 3.05) is 9.80 Å². The van der Waals surface area contributed by atoms with Crippen molar-refractivity contribution < 1.29 is 0 Å². The Morgan fingerprint density at radius 2 is 0.704 bits per heavy atom. The zero-order chi connectivity index (χ0) is 55.4. The van der Waals surface area contributed by atoms with E-state index in [-0.39, 0.29) is 23.0 Å². The number of fused-ring (bicyclic) bond motifs is 7. The fraction of sp³-hybridized carbons (Fsp3) is 0.143. The predicted octanol–water partition coefficient (Wildman–Crippen LogP) is 18.8. The van der Waals surface area contributed by atoms with Crippen LogP contribution in [0.2, 0.25) is 0 Å². The van der Waals surface area contributed by atoms with Crippen LogP contribution in [0.15, 0.2) is 255 Å². The van der Waals surface area contributed by atoms with Gasteiger partial charge in [0.1, 0.15) is 0 Å². The molecule has 81 heavy (non-hydrogen) atoms. The van der Waals surface area contributed by atoms with Crippen LogP contribution in [0.25, 0.3) is 60.9 Å². The predicted molar refractivity (Wildman–Crippen MR) is 347 cm³/mol. The molecule has 0 aliphatic carbocycles. The molecule has 2 aliphatic heterocycles. The second-order valence-corrected chi connectivity index (χ2v) is 25.0. The summed E-state index contributed by atoms with van der Waals surface area (Å²) in [6.07, 6.45) is 0. The third-order valence-corrected chi connectivity index (χ3v) is 17.6. The first-order valence-electron chi connectivity index (χ1n) is 28.8. The van der Waals surface area contributed by atoms with Crippen molar-refractivity contribution >= 4 is 79.0 Å². The number of hydrogen-bond acceptors (Lipinski definition) is 2. The summed E-state index contributed by atoms with van der Waals surface area (Å²) < 4.78 is 2.56. The van der Waals surface area contributed by atoms with Crippen molar-refractivity contribution in [2.45, 2.75) is 71.6 Å². The summed E-state index contributed by atoms with van der Waals surface area (Å²) in [6, 6.07) is 96.0. The number of hydrogen-bond donors (Lipinski definition) is 0. The minimum Gasteiger partial charge on any atom is -0.311 e. The van der Waals surface area contributed by atoms with Crippen molar-refractivity contribution in [3.05, 3.63) is 277 Å². The molecular formula is C77H66BN3. The summed E-state index contributed by atoms with van der Waals surface area (Å²) in [7, 11) is 0. The molecular weight excluding hydrogens is 978 g/mol. The molecule has 0 unspecified atom stereocenters. The van der Waals surface area contributed by atoms with Crippen LogP contribution in [-0.2, 0) is 16.2 Å². The maximum Gasteiger partial charge on any atom is 0.252 e. The molecule has 14 rings (SSSR count). The minimum atomic E-state index is -0.291. The van der Waals surface area contributed by atoms with Gasteiger partial charge in [-0.1, -0.05) is 237 Å². The Morgan fingerprint density at radius 1 is 0.284 bits per heavy atom. The molecule has 11 aromatic carbocycles. The molecule has 0 fully saturated rings. The molecule has 0 saturated heterocycles. The van der Waals surface area contributed by atoms with E-state index < -0.39 is 0 Å². The molecule has 1 aromatic heterocycles. The van der Waals surface area contributed by atoms with Gasteiger partial charge < -0.3 is 14.4 Å². The number of anilines is 6. The highest BCUT2D eigenvalue weighted by Gasteiger charge is 2.45. The molecule has 3 nitrogen and oxygen atoms in total. The van der Waals surface area contributed by atoms with E-state index in [1.807, 2.05) is 0 Å². The summed E-state index contributed by atoms with van der Waals surface area (Å²) in [6.45, 7) is 18.6. The standard InChI is InChI=1S/C77H66BN3/c1-75(2,3)58-35-43-68-64(46-58)65-47-59(76(4,5)6)36-44-69(65)81(68)63-49-72-74-73(50-63)80(62-39-31-55(32-40-62)52-23-15-10-16-24-52)71-48-60(77(7,8)57-27-19-12-20-28-57)34-41-66(71)78(74)67-45-56(53-25-17-11-18-26-53)33-42-70(67)79(72)61-37-29-54(30-38-61)51-21-13-9-14-22-51/h9-50H,1-8H3. The average Bonchev–Trinajstić information content (AvgIpc) is 3.37. The van der Waals surface area contributed by atoms with Gasteiger partial charge in [0, 0.05) is 50.3 Å². The minimum absolute atomic E-state index is 0.0303. The Bertz CT molecular complexity index is 4280. The first-order chi connectivity index (χ1) is 39.2. The van der Waals surface area contributed by atoms with Gasteiger partial charge in [0.25, 0.3) is 6.71 Å². The lowest BCUT2D eigenvalue weighted by Gasteiger charge is -2.45. The summed E-state index contributed by atoms with van der Waals surface area (Å²) in [4.78, 5) is 5.16. The lowest BCUT2D eigenvalue weighted by atomic mass is 9.33. The smallest absolute Gasteiger partial charge is 0.252 e. The van der Waals surface area contributed by atoms with Gasteiger partial charge in [0.15, 0.2) is 0 Å². The highest BCUT2D eigenvalue weighted by molar-refractivity contribution is 7.00. The van der Waals surface area contributed by atoms with E-state index in [2.05, 4.69) is 325 Å². The molecule has 0 saturated carbocycles. The van der Waals surface area contributed by atoms with Crippen molar-refractivity contribution in [1.29, 1.82) is 0 Å². The first-order valence-corrected chi connectivity index (χ1v) is 28.8. The van der Waals surface area contributed by atoms with Gasteiger partial charge in [-0.25, -0.2) is 0 Å². The van der Waals surface area contributed by atoms with E-state index in [9.17, 15) is 0 Å². The zero-order valence-corrected chi connectivity index (χ0v) is 47.7. The average molecular weight is 1040 g/mol. The zero-order valence-electron chi connectivity index (χ0n) is 47.7. The Labute approximate surface area is 478 Å². The molecule has 0 radical (unpaired) electrons. The maximum atomic E-state index is 2.60. The van der Waals surface area contributed by atoms with Crippen LogP contribution in [0.1, 0.15) is 77.6 Å². The van der Waals surface area contributed by atoms with Gasteiger partial charge in [-0.05, 0) is 156 Å². The fourth-order valence-corrected chi connectivity index (χ4v) is 13.0. The molecule has 0 amide bonds. The van der Waals surface area contributed by atoms with Crippen LogP contribution in [-0.4, -0.2) is 11.3 Å². The van der Waals surface area contributed by atoms with Gasteiger partial charge in [0.05, 0.1) is 16.7 Å². The van der Waals surface area contributed by atoms with E-state index in [0.717, 1.165) is 28.4 Å². The number of aromatic nitrogens is 1. The largest absolute Gasteiger partial charge is 0.311 e. The normalized spacial score (nSPS) is 13.1. The Hall–Kier alpha value is -9.12. The Kier molecular flexibility index (Phi) is 11.8. The topological polar surface area (TPSA) is 11.4 Å². The summed E-state index contributed by atoms with van der Waals surface area (Å²) in [5, 5.41) is 2.54. The van der Waals surface area contributed by atoms with Gasteiger partial charge in [-0.3, -0.25) is 0 Å². The maximum absolute atomic E-state index is 2.60. The van der Waals surface area contributed by atoms with E-state index in [4.69, 9.17) is 0 Å². The molecule has 0 atom stereocenters. The van der Waals surface area contributed by atoms with Crippen molar-refractivity contribution in [3.8, 4) is 39.1 Å². The van der Waals surface area contributed by atoms with Crippen molar-refractivity contribution in [2.24, 2.45) is 0 Å². The van der Waals surface area contributed by atoms with E-state index in [1.54, 1.807) is 0 Å². The van der Waals surface area contributed by atoms with Gasteiger partial charge in [-0.15, -0.1) is 0 Å². The van der Waals surface area contributed by atoms with Gasteiger partial charge >= 0.3 is 0 Å². The van der Waals surface area contributed by atoms with Crippen LogP contribution in [0.4, 0.5) is 34.1 Å². The van der Waals surface area contributed by atoms with E-state index in [0.29, 0.717) is 0 Å². The van der Waals surface area contributed by atoms with E-state index >= 15 is 0 Å². The van der Waals surface area contributed by atoms with Gasteiger partial charge in [0.2, 0.25) is 0 Å². The van der Waals surface area contributed by atoms with Crippen molar-refractivity contribution in [1.82, 2.24) is 4.57 Å². The van der Waals surface area contributed by atoms with Crippen molar-refractivity contribution in [3.63, 3.8) is 0 Å². The Balaban J connectivity index is 1.10. The van der Waals surface area contributed by atoms with Gasteiger partial charge in [-0.2, -0.15) is 0 Å². The molecule has 2 aliphatic rings. The third kappa shape index (κ3) is 8.50. The number of benzene rings is 11.